The molecule has 0 heteroatoms. The lowest BCUT2D eigenvalue weighted by molar-refractivity contribution is 0.324. The Balaban J connectivity index is 2.62. The third kappa shape index (κ3) is 2.15. The molecule has 84 valence electrons. The van der Waals surface area contributed by atoms with Crippen LogP contribution in [0, 0.1) is 41.4 Å². The highest BCUT2D eigenvalue weighted by Gasteiger charge is 2.54. The number of rotatable bonds is 4. The Morgan fingerprint density at radius 3 is 1.14 bits per heavy atom. The monoisotopic (exact) mass is 196 g/mol. The van der Waals surface area contributed by atoms with Crippen molar-refractivity contribution in [1.29, 1.82) is 0 Å². The predicted molar refractivity (Wildman–Crippen MR) is 64.1 cm³/mol. The van der Waals surface area contributed by atoms with E-state index in [9.17, 15) is 0 Å². The van der Waals surface area contributed by atoms with Crippen molar-refractivity contribution in [2.24, 2.45) is 41.4 Å². The third-order valence-electron chi connectivity index (χ3n) is 4.39. The van der Waals surface area contributed by atoms with Crippen molar-refractivity contribution in [2.75, 3.05) is 0 Å². The molecule has 0 N–H and O–H groups in total. The molecular weight excluding hydrogens is 168 g/mol. The first kappa shape index (κ1) is 12.1. The SMILES string of the molecule is CC(C)C(C)C1C(C(C)C)C1C(C)C. The van der Waals surface area contributed by atoms with Crippen LogP contribution in [0.25, 0.3) is 0 Å². The fraction of sp³-hybridized carbons (Fsp3) is 1.00. The van der Waals surface area contributed by atoms with Gasteiger partial charge in [0, 0.05) is 0 Å². The molecule has 14 heavy (non-hydrogen) atoms. The lowest BCUT2D eigenvalue weighted by Gasteiger charge is -2.16. The summed E-state index contributed by atoms with van der Waals surface area (Å²) in [4.78, 5) is 0. The van der Waals surface area contributed by atoms with E-state index in [0.717, 1.165) is 41.4 Å². The average Bonchev–Trinajstić information content (AvgIpc) is 2.76. The van der Waals surface area contributed by atoms with Gasteiger partial charge in [0.15, 0.2) is 0 Å². The van der Waals surface area contributed by atoms with Gasteiger partial charge in [-0.1, -0.05) is 48.5 Å². The zero-order valence-electron chi connectivity index (χ0n) is 11.0. The zero-order chi connectivity index (χ0) is 11.0. The summed E-state index contributed by atoms with van der Waals surface area (Å²) in [5.74, 6) is 6.55. The van der Waals surface area contributed by atoms with E-state index < -0.39 is 0 Å². The minimum atomic E-state index is 0.852. The third-order valence-corrected chi connectivity index (χ3v) is 4.39. The second kappa shape index (κ2) is 4.24. The molecule has 0 radical (unpaired) electrons. The van der Waals surface area contributed by atoms with E-state index in [1.54, 1.807) is 0 Å². The highest BCUT2D eigenvalue weighted by atomic mass is 14.6. The van der Waals surface area contributed by atoms with Crippen molar-refractivity contribution in [3.8, 4) is 0 Å². The molecule has 0 aliphatic heterocycles. The van der Waals surface area contributed by atoms with Gasteiger partial charge in [0.05, 0.1) is 0 Å². The van der Waals surface area contributed by atoms with E-state index in [2.05, 4.69) is 48.5 Å². The first-order valence-corrected chi connectivity index (χ1v) is 6.37. The molecular formula is C14H28. The molecule has 1 fully saturated rings. The maximum atomic E-state index is 2.45. The summed E-state index contributed by atoms with van der Waals surface area (Å²) in [6.07, 6.45) is 0. The van der Waals surface area contributed by atoms with E-state index in [4.69, 9.17) is 0 Å². The highest BCUT2D eigenvalue weighted by Crippen LogP contribution is 2.59. The molecule has 0 aromatic rings. The topological polar surface area (TPSA) is 0 Å². The van der Waals surface area contributed by atoms with Gasteiger partial charge in [-0.3, -0.25) is 0 Å². The van der Waals surface area contributed by atoms with E-state index in [0.29, 0.717) is 0 Å². The molecule has 0 bridgehead atoms. The molecule has 1 saturated carbocycles. The molecule has 0 spiro atoms. The van der Waals surface area contributed by atoms with Crippen molar-refractivity contribution >= 4 is 0 Å². The van der Waals surface area contributed by atoms with Crippen LogP contribution in [0.5, 0.6) is 0 Å². The Bertz CT molecular complexity index is 164. The number of hydrogen-bond acceptors (Lipinski definition) is 0. The second-order valence-electron chi connectivity index (χ2n) is 6.32. The van der Waals surface area contributed by atoms with Crippen molar-refractivity contribution in [3.63, 3.8) is 0 Å². The molecule has 3 atom stereocenters. The number of hydrogen-bond donors (Lipinski definition) is 0. The van der Waals surface area contributed by atoms with Crippen molar-refractivity contribution in [3.05, 3.63) is 0 Å². The molecule has 1 rings (SSSR count). The summed E-state index contributed by atoms with van der Waals surface area (Å²) in [6, 6.07) is 0. The van der Waals surface area contributed by atoms with Gasteiger partial charge in [0.1, 0.15) is 0 Å². The highest BCUT2D eigenvalue weighted by molar-refractivity contribution is 5.02. The molecule has 0 amide bonds. The summed E-state index contributed by atoms with van der Waals surface area (Å²) in [5.41, 5.74) is 0. The van der Waals surface area contributed by atoms with Crippen LogP contribution >= 0.6 is 0 Å². The molecule has 0 aromatic heterocycles. The summed E-state index contributed by atoms with van der Waals surface area (Å²) >= 11 is 0. The van der Waals surface area contributed by atoms with Crippen LogP contribution in [0.4, 0.5) is 0 Å². The predicted octanol–water partition coefficient (Wildman–Crippen LogP) is 4.45. The Hall–Kier alpha value is 0. The summed E-state index contributed by atoms with van der Waals surface area (Å²) < 4.78 is 0. The lowest BCUT2D eigenvalue weighted by Crippen LogP contribution is -2.10. The first-order valence-electron chi connectivity index (χ1n) is 6.37. The molecule has 0 heterocycles. The summed E-state index contributed by atoms with van der Waals surface area (Å²) in [7, 11) is 0. The Morgan fingerprint density at radius 2 is 0.929 bits per heavy atom. The van der Waals surface area contributed by atoms with Crippen LogP contribution in [0.3, 0.4) is 0 Å². The normalized spacial score (nSPS) is 34.3. The zero-order valence-corrected chi connectivity index (χ0v) is 11.0. The van der Waals surface area contributed by atoms with Gasteiger partial charge in [0.25, 0.3) is 0 Å². The van der Waals surface area contributed by atoms with Crippen LogP contribution < -0.4 is 0 Å². The maximum absolute atomic E-state index is 2.45. The van der Waals surface area contributed by atoms with Crippen LogP contribution in [-0.4, -0.2) is 0 Å². The Morgan fingerprint density at radius 1 is 0.571 bits per heavy atom. The summed E-state index contributed by atoms with van der Waals surface area (Å²) in [6.45, 7) is 16.8. The van der Waals surface area contributed by atoms with Crippen molar-refractivity contribution in [1.82, 2.24) is 0 Å². The molecule has 1 aliphatic rings. The Labute approximate surface area is 90.5 Å². The van der Waals surface area contributed by atoms with Gasteiger partial charge >= 0.3 is 0 Å². The smallest absolute Gasteiger partial charge is 0.0319 e. The Kier molecular flexibility index (Phi) is 3.66. The van der Waals surface area contributed by atoms with Crippen LogP contribution in [0.2, 0.25) is 0 Å². The quantitative estimate of drug-likeness (QED) is 0.623. The molecule has 3 unspecified atom stereocenters. The molecule has 0 saturated heterocycles. The van der Waals surface area contributed by atoms with E-state index in [-0.39, 0.29) is 0 Å². The molecule has 0 nitrogen and oxygen atoms in total. The van der Waals surface area contributed by atoms with Crippen molar-refractivity contribution < 1.29 is 0 Å². The standard InChI is InChI=1S/C14H28/c1-8(2)11(7)14-12(9(3)4)13(14)10(5)6/h8-14H,1-7H3. The lowest BCUT2D eigenvalue weighted by atomic mass is 9.89. The van der Waals surface area contributed by atoms with Gasteiger partial charge in [0.2, 0.25) is 0 Å². The average molecular weight is 196 g/mol. The van der Waals surface area contributed by atoms with Gasteiger partial charge in [-0.2, -0.15) is 0 Å². The van der Waals surface area contributed by atoms with Gasteiger partial charge in [-0.15, -0.1) is 0 Å². The van der Waals surface area contributed by atoms with E-state index in [1.165, 1.54) is 0 Å². The van der Waals surface area contributed by atoms with Gasteiger partial charge in [-0.25, -0.2) is 0 Å². The van der Waals surface area contributed by atoms with Gasteiger partial charge in [-0.05, 0) is 41.4 Å². The van der Waals surface area contributed by atoms with Crippen LogP contribution in [0.1, 0.15) is 48.5 Å². The minimum Gasteiger partial charge on any atom is -0.0625 e. The largest absolute Gasteiger partial charge is 0.0625 e. The van der Waals surface area contributed by atoms with Crippen LogP contribution in [-0.2, 0) is 0 Å². The van der Waals surface area contributed by atoms with Gasteiger partial charge < -0.3 is 0 Å². The second-order valence-corrected chi connectivity index (χ2v) is 6.32. The fourth-order valence-electron chi connectivity index (χ4n) is 3.31. The molecule has 1 aliphatic carbocycles. The minimum absolute atomic E-state index is 0.852. The van der Waals surface area contributed by atoms with E-state index in [1.807, 2.05) is 0 Å². The van der Waals surface area contributed by atoms with E-state index >= 15 is 0 Å². The molecule has 0 aromatic carbocycles. The first-order chi connectivity index (χ1) is 6.37. The van der Waals surface area contributed by atoms with Crippen LogP contribution in [0.15, 0.2) is 0 Å². The van der Waals surface area contributed by atoms with Crippen molar-refractivity contribution in [2.45, 2.75) is 48.5 Å². The summed E-state index contributed by atoms with van der Waals surface area (Å²) in [5, 5.41) is 0. The maximum Gasteiger partial charge on any atom is -0.0319 e. The fourth-order valence-corrected chi connectivity index (χ4v) is 3.31.